The van der Waals surface area contributed by atoms with Gasteiger partial charge in [-0.2, -0.15) is 0 Å². The first-order valence-corrected chi connectivity index (χ1v) is 7.86. The molecule has 0 spiro atoms. The Labute approximate surface area is 133 Å². The van der Waals surface area contributed by atoms with Crippen LogP contribution in [-0.2, 0) is 9.59 Å². The Morgan fingerprint density at radius 2 is 2.09 bits per heavy atom. The molecule has 2 amide bonds. The van der Waals surface area contributed by atoms with Gasteiger partial charge in [-0.1, -0.05) is 11.8 Å². The lowest BCUT2D eigenvalue weighted by molar-refractivity contribution is -0.127. The number of nitrogens with one attached hydrogen (secondary N) is 1. The van der Waals surface area contributed by atoms with Crippen molar-refractivity contribution in [3.05, 3.63) is 24.3 Å². The van der Waals surface area contributed by atoms with E-state index in [0.717, 1.165) is 5.75 Å². The number of hydrogen-bond acceptors (Lipinski definition) is 5. The van der Waals surface area contributed by atoms with E-state index in [0.29, 0.717) is 17.5 Å². The molecule has 1 aliphatic heterocycles. The van der Waals surface area contributed by atoms with Gasteiger partial charge in [0.05, 0.1) is 6.61 Å². The van der Waals surface area contributed by atoms with Crippen LogP contribution in [0.5, 0.6) is 5.75 Å². The largest absolute Gasteiger partial charge is 0.494 e. The second-order valence-electron chi connectivity index (χ2n) is 4.72. The molecule has 0 radical (unpaired) electrons. The smallest absolute Gasteiger partial charge is 0.242 e. The fraction of sp³-hybridized carbons (Fsp3) is 0.400. The average molecular weight is 321 g/mol. The van der Waals surface area contributed by atoms with Crippen LogP contribution in [0, 0.1) is 0 Å². The number of amides is 2. The quantitative estimate of drug-likeness (QED) is 0.900. The zero-order chi connectivity index (χ0) is 16.1. The minimum absolute atomic E-state index is 0.0903. The normalized spacial score (nSPS) is 19.6. The maximum atomic E-state index is 12.1. The summed E-state index contributed by atoms with van der Waals surface area (Å²) in [5, 5.41) is 3.02. The van der Waals surface area contributed by atoms with Crippen LogP contribution >= 0.6 is 11.8 Å². The Bertz CT molecular complexity index is 586. The summed E-state index contributed by atoms with van der Waals surface area (Å²) in [6.45, 7) is 2.51. The fourth-order valence-electron chi connectivity index (χ4n) is 2.08. The van der Waals surface area contributed by atoms with Crippen molar-refractivity contribution in [2.75, 3.05) is 26.0 Å². The molecule has 1 aromatic carbocycles. The molecule has 118 valence electrons. The summed E-state index contributed by atoms with van der Waals surface area (Å²) in [5.41, 5.74) is 0.682. The van der Waals surface area contributed by atoms with Gasteiger partial charge in [0.2, 0.25) is 11.8 Å². The van der Waals surface area contributed by atoms with Crippen molar-refractivity contribution in [3.63, 3.8) is 0 Å². The van der Waals surface area contributed by atoms with E-state index in [-0.39, 0.29) is 18.2 Å². The van der Waals surface area contributed by atoms with Crippen molar-refractivity contribution in [1.29, 1.82) is 0 Å². The zero-order valence-corrected chi connectivity index (χ0v) is 13.6. The Morgan fingerprint density at radius 3 is 2.64 bits per heavy atom. The van der Waals surface area contributed by atoms with Gasteiger partial charge < -0.3 is 10.1 Å². The number of benzene rings is 1. The zero-order valence-electron chi connectivity index (χ0n) is 12.8. The predicted octanol–water partition coefficient (Wildman–Crippen LogP) is 1.97. The molecule has 22 heavy (non-hydrogen) atoms. The molecule has 2 rings (SSSR count). The molecule has 1 fully saturated rings. The first kappa shape index (κ1) is 16.4. The third-order valence-electron chi connectivity index (χ3n) is 3.15. The van der Waals surface area contributed by atoms with Gasteiger partial charge in [-0.3, -0.25) is 19.5 Å². The molecule has 0 saturated carbocycles. The lowest BCUT2D eigenvalue weighted by atomic mass is 10.2. The number of amidine groups is 1. The van der Waals surface area contributed by atoms with Crippen molar-refractivity contribution in [1.82, 2.24) is 4.90 Å². The second kappa shape index (κ2) is 7.31. The van der Waals surface area contributed by atoms with Crippen LogP contribution in [0.1, 0.15) is 13.3 Å². The van der Waals surface area contributed by atoms with E-state index in [1.54, 1.807) is 38.4 Å². The lowest BCUT2D eigenvalue weighted by Gasteiger charge is -2.09. The average Bonchev–Trinajstić information content (AvgIpc) is 2.77. The first-order chi connectivity index (χ1) is 10.5. The monoisotopic (exact) mass is 321 g/mol. The molecule has 7 heteroatoms. The molecular weight excluding hydrogens is 302 g/mol. The maximum Gasteiger partial charge on any atom is 0.242 e. The van der Waals surface area contributed by atoms with Crippen molar-refractivity contribution >= 4 is 34.4 Å². The molecule has 0 bridgehead atoms. The van der Waals surface area contributed by atoms with Crippen LogP contribution in [-0.4, -0.2) is 47.8 Å². The number of carbonyl (C=O) groups is 2. The molecule has 0 aliphatic carbocycles. The number of carbonyl (C=O) groups excluding carboxylic acids is 2. The van der Waals surface area contributed by atoms with E-state index in [1.165, 1.54) is 16.7 Å². The van der Waals surface area contributed by atoms with Crippen LogP contribution in [0.15, 0.2) is 29.3 Å². The summed E-state index contributed by atoms with van der Waals surface area (Å²) in [5.74, 6) is 0.473. The molecule has 6 nitrogen and oxygen atoms in total. The summed E-state index contributed by atoms with van der Waals surface area (Å²) in [6, 6.07) is 7.14. The number of thioether (sulfide) groups is 1. The number of ether oxygens (including phenoxy) is 1. The Hall–Kier alpha value is -2.02. The summed E-state index contributed by atoms with van der Waals surface area (Å²) in [4.78, 5) is 29.6. The van der Waals surface area contributed by atoms with Gasteiger partial charge in [-0.15, -0.1) is 0 Å². The van der Waals surface area contributed by atoms with Crippen molar-refractivity contribution in [2.45, 2.75) is 18.6 Å². The molecule has 1 heterocycles. The van der Waals surface area contributed by atoms with E-state index in [9.17, 15) is 9.59 Å². The molecule has 1 saturated heterocycles. The van der Waals surface area contributed by atoms with Crippen LogP contribution in [0.25, 0.3) is 0 Å². The molecular formula is C15H19N3O3S. The van der Waals surface area contributed by atoms with Crippen molar-refractivity contribution in [3.8, 4) is 5.75 Å². The number of aliphatic imine (C=N–C) groups is 1. The highest BCUT2D eigenvalue weighted by molar-refractivity contribution is 8.15. The Kier molecular flexibility index (Phi) is 5.43. The third kappa shape index (κ3) is 3.79. The van der Waals surface area contributed by atoms with Crippen molar-refractivity contribution < 1.29 is 14.3 Å². The van der Waals surface area contributed by atoms with Gasteiger partial charge in [0.15, 0.2) is 5.17 Å². The van der Waals surface area contributed by atoms with E-state index in [2.05, 4.69) is 10.3 Å². The van der Waals surface area contributed by atoms with E-state index < -0.39 is 5.25 Å². The highest BCUT2D eigenvalue weighted by Gasteiger charge is 2.36. The Balaban J connectivity index is 1.92. The fourth-order valence-corrected chi connectivity index (χ4v) is 3.18. The van der Waals surface area contributed by atoms with Gasteiger partial charge >= 0.3 is 0 Å². The maximum absolute atomic E-state index is 12.1. The summed E-state index contributed by atoms with van der Waals surface area (Å²) >= 11 is 1.32. The number of anilines is 1. The van der Waals surface area contributed by atoms with Gasteiger partial charge in [-0.05, 0) is 31.2 Å². The number of hydrogen-bond donors (Lipinski definition) is 1. The molecule has 0 aromatic heterocycles. The summed E-state index contributed by atoms with van der Waals surface area (Å²) in [7, 11) is 3.30. The minimum Gasteiger partial charge on any atom is -0.494 e. The van der Waals surface area contributed by atoms with Crippen LogP contribution in [0.3, 0.4) is 0 Å². The van der Waals surface area contributed by atoms with E-state index >= 15 is 0 Å². The minimum atomic E-state index is -0.411. The number of rotatable bonds is 5. The topological polar surface area (TPSA) is 71.0 Å². The Morgan fingerprint density at radius 1 is 1.41 bits per heavy atom. The van der Waals surface area contributed by atoms with E-state index in [4.69, 9.17) is 4.74 Å². The molecule has 1 atom stereocenters. The molecule has 1 aliphatic rings. The van der Waals surface area contributed by atoms with Gasteiger partial charge in [0.25, 0.3) is 0 Å². The van der Waals surface area contributed by atoms with Crippen molar-refractivity contribution in [2.24, 2.45) is 4.99 Å². The van der Waals surface area contributed by atoms with Crippen LogP contribution < -0.4 is 10.1 Å². The predicted molar refractivity (Wildman–Crippen MR) is 88.4 cm³/mol. The van der Waals surface area contributed by atoms with Gasteiger partial charge in [-0.25, -0.2) is 0 Å². The number of nitrogens with zero attached hydrogens (tertiary/aromatic N) is 2. The highest BCUT2D eigenvalue weighted by atomic mass is 32.2. The lowest BCUT2D eigenvalue weighted by Crippen LogP contribution is -2.30. The molecule has 1 aromatic rings. The summed E-state index contributed by atoms with van der Waals surface area (Å²) in [6.07, 6.45) is 0.125. The third-order valence-corrected chi connectivity index (χ3v) is 4.47. The standard InChI is InChI=1S/C15H19N3O3S/c1-4-21-11-7-5-10(6-8-11)17-13(19)9-12-14(20)18(3)15(16-2)22-12/h5-8,12H,4,9H2,1-3H3,(H,17,19). The van der Waals surface area contributed by atoms with Crippen LogP contribution in [0.2, 0.25) is 0 Å². The highest BCUT2D eigenvalue weighted by Crippen LogP contribution is 2.28. The van der Waals surface area contributed by atoms with Crippen LogP contribution in [0.4, 0.5) is 5.69 Å². The van der Waals surface area contributed by atoms with E-state index in [1.807, 2.05) is 6.92 Å². The first-order valence-electron chi connectivity index (χ1n) is 6.99. The van der Waals surface area contributed by atoms with Gasteiger partial charge in [0.1, 0.15) is 11.0 Å². The van der Waals surface area contributed by atoms with Gasteiger partial charge in [0, 0.05) is 26.2 Å². The molecule has 1 unspecified atom stereocenters. The summed E-state index contributed by atoms with van der Waals surface area (Å²) < 4.78 is 5.34. The SMILES string of the molecule is CCOc1ccc(NC(=O)CC2SC(=NC)N(C)C2=O)cc1. The molecule has 1 N–H and O–H groups in total. The second-order valence-corrected chi connectivity index (χ2v) is 5.89.